The van der Waals surface area contributed by atoms with Crippen LogP contribution in [0.15, 0.2) is 48.1 Å². The molecule has 4 rings (SSSR count). The van der Waals surface area contributed by atoms with Crippen LogP contribution in [0.2, 0.25) is 0 Å². The molecule has 0 fully saturated rings. The highest BCUT2D eigenvalue weighted by Gasteiger charge is 2.11. The lowest BCUT2D eigenvalue weighted by molar-refractivity contribution is 0.102. The number of fused-ring (bicyclic) bond motifs is 1. The molecule has 0 atom stereocenters. The van der Waals surface area contributed by atoms with E-state index in [1.165, 1.54) is 0 Å². The second-order valence-electron chi connectivity index (χ2n) is 6.65. The Hall–Kier alpha value is -3.06. The summed E-state index contributed by atoms with van der Waals surface area (Å²) in [6.45, 7) is 6.08. The molecule has 0 saturated carbocycles. The SMILES string of the molecule is Cc1csc(-c2ccc(C(=O)Nc3cnc4c(cnn4C(C)C)c3)cc2)n1. The van der Waals surface area contributed by atoms with Crippen LogP contribution >= 0.6 is 11.3 Å². The average molecular weight is 377 g/mol. The van der Waals surface area contributed by atoms with Crippen molar-refractivity contribution in [3.8, 4) is 10.6 Å². The van der Waals surface area contributed by atoms with E-state index >= 15 is 0 Å². The van der Waals surface area contributed by atoms with Gasteiger partial charge in [0.25, 0.3) is 5.91 Å². The molecule has 3 heterocycles. The van der Waals surface area contributed by atoms with Crippen LogP contribution in [0.5, 0.6) is 0 Å². The van der Waals surface area contributed by atoms with E-state index in [4.69, 9.17) is 0 Å². The van der Waals surface area contributed by atoms with Gasteiger partial charge in [0.15, 0.2) is 5.65 Å². The number of carbonyl (C=O) groups is 1. The van der Waals surface area contributed by atoms with Crippen LogP contribution in [0.3, 0.4) is 0 Å². The highest BCUT2D eigenvalue weighted by Crippen LogP contribution is 2.24. The predicted molar refractivity (Wildman–Crippen MR) is 108 cm³/mol. The molecule has 0 aliphatic heterocycles. The number of hydrogen-bond acceptors (Lipinski definition) is 5. The molecule has 1 amide bonds. The monoisotopic (exact) mass is 377 g/mol. The zero-order valence-corrected chi connectivity index (χ0v) is 16.1. The number of carbonyl (C=O) groups excluding carboxylic acids is 1. The Morgan fingerprint density at radius 2 is 1.96 bits per heavy atom. The zero-order chi connectivity index (χ0) is 19.0. The minimum atomic E-state index is -0.172. The lowest BCUT2D eigenvalue weighted by Crippen LogP contribution is -2.12. The van der Waals surface area contributed by atoms with Crippen LogP contribution in [0.1, 0.15) is 35.9 Å². The smallest absolute Gasteiger partial charge is 0.255 e. The first-order valence-electron chi connectivity index (χ1n) is 8.68. The van der Waals surface area contributed by atoms with Crippen molar-refractivity contribution in [1.82, 2.24) is 19.7 Å². The van der Waals surface area contributed by atoms with Crippen molar-refractivity contribution in [2.45, 2.75) is 26.8 Å². The number of nitrogens with one attached hydrogen (secondary N) is 1. The molecule has 0 radical (unpaired) electrons. The Labute approximate surface area is 160 Å². The van der Waals surface area contributed by atoms with E-state index in [-0.39, 0.29) is 11.9 Å². The van der Waals surface area contributed by atoms with Gasteiger partial charge in [-0.2, -0.15) is 5.10 Å². The Morgan fingerprint density at radius 3 is 2.63 bits per heavy atom. The number of pyridine rings is 1. The number of amides is 1. The first kappa shape index (κ1) is 17.4. The van der Waals surface area contributed by atoms with E-state index < -0.39 is 0 Å². The average Bonchev–Trinajstić information content (AvgIpc) is 3.27. The fraction of sp³-hybridized carbons (Fsp3) is 0.200. The summed E-state index contributed by atoms with van der Waals surface area (Å²) in [5, 5.41) is 11.1. The molecule has 0 unspecified atom stereocenters. The molecule has 1 aromatic carbocycles. The minimum absolute atomic E-state index is 0.172. The Balaban J connectivity index is 1.52. The molecule has 4 aromatic rings. The molecule has 0 spiro atoms. The topological polar surface area (TPSA) is 72.7 Å². The summed E-state index contributed by atoms with van der Waals surface area (Å²) in [4.78, 5) is 21.5. The molecule has 0 saturated heterocycles. The summed E-state index contributed by atoms with van der Waals surface area (Å²) in [5.41, 5.74) is 4.06. The third-order valence-corrected chi connectivity index (χ3v) is 5.20. The van der Waals surface area contributed by atoms with Gasteiger partial charge in [0.2, 0.25) is 0 Å². The van der Waals surface area contributed by atoms with Crippen molar-refractivity contribution < 1.29 is 4.79 Å². The van der Waals surface area contributed by atoms with Crippen LogP contribution in [0, 0.1) is 6.92 Å². The highest BCUT2D eigenvalue weighted by molar-refractivity contribution is 7.13. The van der Waals surface area contributed by atoms with Crippen LogP contribution in [0.4, 0.5) is 5.69 Å². The summed E-state index contributed by atoms with van der Waals surface area (Å²) in [6, 6.07) is 9.58. The molecule has 136 valence electrons. The molecule has 0 aliphatic rings. The second kappa shape index (κ2) is 6.92. The van der Waals surface area contributed by atoms with E-state index in [1.54, 1.807) is 23.7 Å². The van der Waals surface area contributed by atoms with Crippen LogP contribution in [-0.2, 0) is 0 Å². The van der Waals surface area contributed by atoms with Crippen molar-refractivity contribution >= 4 is 34.0 Å². The molecule has 7 heteroatoms. The van der Waals surface area contributed by atoms with E-state index in [0.717, 1.165) is 27.3 Å². The lowest BCUT2D eigenvalue weighted by Gasteiger charge is -2.08. The first-order chi connectivity index (χ1) is 13.0. The Kier molecular flexibility index (Phi) is 4.45. The Bertz CT molecular complexity index is 1110. The molecule has 3 aromatic heterocycles. The van der Waals surface area contributed by atoms with E-state index in [1.807, 2.05) is 47.3 Å². The zero-order valence-electron chi connectivity index (χ0n) is 15.3. The number of benzene rings is 1. The maximum absolute atomic E-state index is 12.5. The molecule has 0 aliphatic carbocycles. The van der Waals surface area contributed by atoms with E-state index in [2.05, 4.69) is 34.2 Å². The summed E-state index contributed by atoms with van der Waals surface area (Å²) >= 11 is 1.60. The van der Waals surface area contributed by atoms with Crippen molar-refractivity contribution in [2.75, 3.05) is 5.32 Å². The Morgan fingerprint density at radius 1 is 1.19 bits per heavy atom. The van der Waals surface area contributed by atoms with Crippen molar-refractivity contribution in [3.63, 3.8) is 0 Å². The standard InChI is InChI=1S/C20H19N5OS/c1-12(2)25-18-16(9-22-25)8-17(10-21-18)24-19(26)14-4-6-15(7-5-14)20-23-13(3)11-27-20/h4-12H,1-3H3,(H,24,26). The van der Waals surface area contributed by atoms with E-state index in [9.17, 15) is 4.79 Å². The highest BCUT2D eigenvalue weighted by atomic mass is 32.1. The quantitative estimate of drug-likeness (QED) is 0.560. The number of thiazole rings is 1. The summed E-state index contributed by atoms with van der Waals surface area (Å²) in [7, 11) is 0. The molecule has 1 N–H and O–H groups in total. The van der Waals surface area contributed by atoms with Gasteiger partial charge < -0.3 is 5.32 Å². The maximum atomic E-state index is 12.5. The van der Waals surface area contributed by atoms with Gasteiger partial charge in [-0.25, -0.2) is 14.6 Å². The van der Waals surface area contributed by atoms with Gasteiger partial charge >= 0.3 is 0 Å². The van der Waals surface area contributed by atoms with Gasteiger partial charge in [-0.1, -0.05) is 12.1 Å². The number of aryl methyl sites for hydroxylation is 1. The van der Waals surface area contributed by atoms with Crippen LogP contribution < -0.4 is 5.32 Å². The predicted octanol–water partition coefficient (Wildman–Crippen LogP) is 4.70. The van der Waals surface area contributed by atoms with Crippen molar-refractivity contribution in [3.05, 3.63) is 59.4 Å². The third-order valence-electron chi connectivity index (χ3n) is 4.19. The third kappa shape index (κ3) is 3.46. The van der Waals surface area contributed by atoms with Gasteiger partial charge in [-0.15, -0.1) is 11.3 Å². The largest absolute Gasteiger partial charge is 0.321 e. The number of anilines is 1. The summed E-state index contributed by atoms with van der Waals surface area (Å²) in [5.74, 6) is -0.172. The van der Waals surface area contributed by atoms with Gasteiger partial charge in [-0.3, -0.25) is 4.79 Å². The minimum Gasteiger partial charge on any atom is -0.321 e. The van der Waals surface area contributed by atoms with Gasteiger partial charge in [0.1, 0.15) is 5.01 Å². The van der Waals surface area contributed by atoms with E-state index in [0.29, 0.717) is 11.3 Å². The van der Waals surface area contributed by atoms with Crippen LogP contribution in [-0.4, -0.2) is 25.7 Å². The first-order valence-corrected chi connectivity index (χ1v) is 9.56. The van der Waals surface area contributed by atoms with Crippen molar-refractivity contribution in [2.24, 2.45) is 0 Å². The summed E-state index contributed by atoms with van der Waals surface area (Å²) in [6.07, 6.45) is 3.43. The molecular weight excluding hydrogens is 358 g/mol. The van der Waals surface area contributed by atoms with Gasteiger partial charge in [-0.05, 0) is 39.0 Å². The van der Waals surface area contributed by atoms with Gasteiger partial charge in [0.05, 0.1) is 18.1 Å². The maximum Gasteiger partial charge on any atom is 0.255 e. The molecule has 6 nitrogen and oxygen atoms in total. The number of rotatable bonds is 4. The van der Waals surface area contributed by atoms with Crippen LogP contribution in [0.25, 0.3) is 21.6 Å². The number of nitrogens with zero attached hydrogens (tertiary/aromatic N) is 4. The second-order valence-corrected chi connectivity index (χ2v) is 7.50. The summed E-state index contributed by atoms with van der Waals surface area (Å²) < 4.78 is 1.86. The van der Waals surface area contributed by atoms with Gasteiger partial charge in [0, 0.05) is 33.6 Å². The number of hydrogen-bond donors (Lipinski definition) is 1. The molecule has 27 heavy (non-hydrogen) atoms. The molecule has 0 bridgehead atoms. The lowest BCUT2D eigenvalue weighted by atomic mass is 10.1. The fourth-order valence-electron chi connectivity index (χ4n) is 2.84. The number of aromatic nitrogens is 4. The van der Waals surface area contributed by atoms with Crippen molar-refractivity contribution in [1.29, 1.82) is 0 Å². The fourth-order valence-corrected chi connectivity index (χ4v) is 3.64. The normalized spacial score (nSPS) is 11.3. The molecular formula is C20H19N5OS.